The Balaban J connectivity index is 0.000000580. The number of carbonyl (C=O) groups is 3. The number of rotatable bonds is 6. The molecule has 0 spiro atoms. The molecule has 0 saturated carbocycles. The minimum Gasteiger partial charge on any atom is -0.741 e. The highest BCUT2D eigenvalue weighted by Gasteiger charge is 2.37. The summed E-state index contributed by atoms with van der Waals surface area (Å²) in [5.74, 6) is -2.40. The standard InChI is InChI=1S/C24H23N2O5.CHF3O3S/c1-25(2)19-11-13-26(14-12-19)21(24(29)31-4)20(23(28)30-3)22(27)18-10-9-16-7-5-6-8-17(16)15-18;2-1(3,4)8(5,6)7/h5-15H,1-4H3;(H,5,6,7)/q+1;/p-1/b21-20-;. The van der Waals surface area contributed by atoms with Crippen molar-refractivity contribution in [2.75, 3.05) is 33.2 Å². The molecule has 0 bridgehead atoms. The van der Waals surface area contributed by atoms with Gasteiger partial charge in [-0.1, -0.05) is 36.4 Å². The second-order valence-corrected chi connectivity index (χ2v) is 9.23. The molecule has 3 aromatic rings. The van der Waals surface area contributed by atoms with Gasteiger partial charge in [0.25, 0.3) is 0 Å². The van der Waals surface area contributed by atoms with Gasteiger partial charge < -0.3 is 18.9 Å². The first-order chi connectivity index (χ1) is 18.1. The molecule has 3 rings (SSSR count). The van der Waals surface area contributed by atoms with Crippen LogP contribution in [0.25, 0.3) is 16.5 Å². The first-order valence-electron chi connectivity index (χ1n) is 10.8. The zero-order chi connectivity index (χ0) is 29.5. The summed E-state index contributed by atoms with van der Waals surface area (Å²) >= 11 is 0. The number of ether oxygens (including phenoxy) is 2. The molecule has 0 atom stereocenters. The number of benzene rings is 2. The molecule has 0 saturated heterocycles. The van der Waals surface area contributed by atoms with Gasteiger partial charge in [0.15, 0.2) is 28.1 Å². The van der Waals surface area contributed by atoms with Crippen molar-refractivity contribution in [1.29, 1.82) is 0 Å². The van der Waals surface area contributed by atoms with E-state index < -0.39 is 38.9 Å². The quantitative estimate of drug-likeness (QED) is 0.0643. The predicted octanol–water partition coefficient (Wildman–Crippen LogP) is 2.68. The Morgan fingerprint density at radius 1 is 0.872 bits per heavy atom. The lowest BCUT2D eigenvalue weighted by atomic mass is 9.98. The van der Waals surface area contributed by atoms with Crippen LogP contribution in [-0.2, 0) is 29.2 Å². The highest BCUT2D eigenvalue weighted by molar-refractivity contribution is 7.86. The largest absolute Gasteiger partial charge is 0.741 e. The number of hydrogen-bond donors (Lipinski definition) is 0. The molecule has 39 heavy (non-hydrogen) atoms. The van der Waals surface area contributed by atoms with Gasteiger partial charge in [0.1, 0.15) is 0 Å². The fourth-order valence-corrected chi connectivity index (χ4v) is 3.17. The summed E-state index contributed by atoms with van der Waals surface area (Å²) in [7, 11) is 0.00388. The maximum absolute atomic E-state index is 13.4. The number of fused-ring (bicyclic) bond motifs is 1. The molecule has 0 aliphatic heterocycles. The third-order valence-corrected chi connectivity index (χ3v) is 5.68. The van der Waals surface area contributed by atoms with Crippen molar-refractivity contribution >= 4 is 50.0 Å². The van der Waals surface area contributed by atoms with E-state index in [1.54, 1.807) is 42.7 Å². The van der Waals surface area contributed by atoms with E-state index in [2.05, 4.69) is 0 Å². The minimum absolute atomic E-state index is 0.224. The third kappa shape index (κ3) is 7.61. The smallest absolute Gasteiger partial charge is 0.485 e. The van der Waals surface area contributed by atoms with Gasteiger partial charge in [0, 0.05) is 37.5 Å². The molecule has 0 N–H and O–H groups in total. The number of halogens is 3. The maximum atomic E-state index is 13.4. The number of esters is 2. The van der Waals surface area contributed by atoms with E-state index in [9.17, 15) is 27.6 Å². The van der Waals surface area contributed by atoms with Gasteiger partial charge >= 0.3 is 23.1 Å². The maximum Gasteiger partial charge on any atom is 0.485 e. The fourth-order valence-electron chi connectivity index (χ4n) is 3.17. The SMILES string of the molecule is COC(=O)/C(C(=O)c1ccc2ccccc2c1)=C(/C(=O)OC)[n+]1ccc(N(C)C)cc1.O=S(=O)([O-])C(F)(F)F. The van der Waals surface area contributed by atoms with Crippen LogP contribution in [0.2, 0.25) is 0 Å². The second kappa shape index (κ2) is 12.5. The summed E-state index contributed by atoms with van der Waals surface area (Å²) in [5, 5.41) is 1.78. The average molecular weight is 569 g/mol. The molecule has 0 unspecified atom stereocenters. The van der Waals surface area contributed by atoms with Gasteiger partial charge in [-0.3, -0.25) is 4.79 Å². The number of ketones is 1. The number of pyridine rings is 1. The number of aromatic nitrogens is 1. The van der Waals surface area contributed by atoms with Crippen molar-refractivity contribution in [3.05, 3.63) is 78.1 Å². The van der Waals surface area contributed by atoms with Crippen LogP contribution in [0.1, 0.15) is 10.4 Å². The van der Waals surface area contributed by atoms with E-state index >= 15 is 0 Å². The van der Waals surface area contributed by atoms with E-state index in [-0.39, 0.29) is 11.3 Å². The number of carbonyl (C=O) groups excluding carboxylic acids is 3. The van der Waals surface area contributed by atoms with Crippen molar-refractivity contribution in [2.45, 2.75) is 5.51 Å². The summed E-state index contributed by atoms with van der Waals surface area (Å²) in [5.41, 5.74) is -5.15. The molecular formula is C25H23F3N2O8S. The molecular weight excluding hydrogens is 545 g/mol. The van der Waals surface area contributed by atoms with Crippen LogP contribution in [0, 0.1) is 0 Å². The number of nitrogens with zero attached hydrogens (tertiary/aromatic N) is 2. The molecule has 0 radical (unpaired) electrons. The summed E-state index contributed by atoms with van der Waals surface area (Å²) in [6.45, 7) is 0. The second-order valence-electron chi connectivity index (χ2n) is 7.86. The monoisotopic (exact) mass is 568 g/mol. The average Bonchev–Trinajstić information content (AvgIpc) is 2.89. The zero-order valence-electron chi connectivity index (χ0n) is 21.1. The highest BCUT2D eigenvalue weighted by Crippen LogP contribution is 2.22. The summed E-state index contributed by atoms with van der Waals surface area (Å²) in [6.07, 6.45) is 3.16. The van der Waals surface area contributed by atoms with Crippen molar-refractivity contribution < 1.29 is 54.6 Å². The number of methoxy groups -OCH3 is 2. The van der Waals surface area contributed by atoms with E-state index in [1.807, 2.05) is 43.3 Å². The predicted molar refractivity (Wildman–Crippen MR) is 132 cm³/mol. The van der Waals surface area contributed by atoms with Crippen LogP contribution in [0.3, 0.4) is 0 Å². The number of hydrogen-bond acceptors (Lipinski definition) is 9. The van der Waals surface area contributed by atoms with Gasteiger partial charge in [-0.25, -0.2) is 18.0 Å². The Labute approximate surface area is 221 Å². The molecule has 1 heterocycles. The molecule has 0 fully saturated rings. The van der Waals surface area contributed by atoms with Crippen LogP contribution >= 0.6 is 0 Å². The van der Waals surface area contributed by atoms with Gasteiger partial charge in [-0.2, -0.15) is 17.7 Å². The summed E-state index contributed by atoms with van der Waals surface area (Å²) in [4.78, 5) is 40.6. The molecule has 0 amide bonds. The van der Waals surface area contributed by atoms with Gasteiger partial charge in [0.05, 0.1) is 14.2 Å². The molecule has 1 aromatic heterocycles. The lowest BCUT2D eigenvalue weighted by Gasteiger charge is -2.12. The number of Topliss-reactive ketones (excluding diaryl/α,β-unsaturated/α-hetero) is 1. The Kier molecular flexibility index (Phi) is 9.91. The highest BCUT2D eigenvalue weighted by atomic mass is 32.2. The first-order valence-corrected chi connectivity index (χ1v) is 12.2. The molecule has 0 aliphatic carbocycles. The summed E-state index contributed by atoms with van der Waals surface area (Å²) < 4.78 is 70.0. The molecule has 2 aromatic carbocycles. The zero-order valence-corrected chi connectivity index (χ0v) is 21.9. The Morgan fingerprint density at radius 3 is 1.85 bits per heavy atom. The minimum atomic E-state index is -6.09. The van der Waals surface area contributed by atoms with Crippen LogP contribution < -0.4 is 9.47 Å². The van der Waals surface area contributed by atoms with Crippen LogP contribution in [0.15, 0.2) is 72.6 Å². The number of anilines is 1. The number of alkyl halides is 3. The van der Waals surface area contributed by atoms with Crippen LogP contribution in [0.5, 0.6) is 0 Å². The van der Waals surface area contributed by atoms with E-state index in [1.165, 1.54) is 11.7 Å². The Hall–Kier alpha value is -4.30. The van der Waals surface area contributed by atoms with E-state index in [4.69, 9.17) is 22.4 Å². The van der Waals surface area contributed by atoms with Crippen molar-refractivity contribution in [2.24, 2.45) is 0 Å². The fraction of sp³-hybridized carbons (Fsp3) is 0.200. The van der Waals surface area contributed by atoms with Crippen molar-refractivity contribution in [1.82, 2.24) is 0 Å². The summed E-state index contributed by atoms with van der Waals surface area (Å²) in [6, 6.07) is 16.1. The first kappa shape index (κ1) is 30.9. The molecule has 14 heteroatoms. The van der Waals surface area contributed by atoms with Crippen molar-refractivity contribution in [3.8, 4) is 0 Å². The lowest BCUT2D eigenvalue weighted by Crippen LogP contribution is -2.40. The van der Waals surface area contributed by atoms with Crippen molar-refractivity contribution in [3.63, 3.8) is 0 Å². The third-order valence-electron chi connectivity index (χ3n) is 5.11. The van der Waals surface area contributed by atoms with Crippen LogP contribution in [0.4, 0.5) is 18.9 Å². The normalized spacial score (nSPS) is 12.0. The van der Waals surface area contributed by atoms with E-state index in [0.29, 0.717) is 0 Å². The Bertz CT molecular complexity index is 1520. The lowest BCUT2D eigenvalue weighted by molar-refractivity contribution is -0.578. The van der Waals surface area contributed by atoms with E-state index in [0.717, 1.165) is 23.6 Å². The van der Waals surface area contributed by atoms with Gasteiger partial charge in [-0.15, -0.1) is 0 Å². The van der Waals surface area contributed by atoms with Gasteiger partial charge in [0.2, 0.25) is 5.78 Å². The topological polar surface area (TPSA) is 134 Å². The van der Waals surface area contributed by atoms with Gasteiger partial charge in [-0.05, 0) is 16.8 Å². The van der Waals surface area contributed by atoms with Crippen LogP contribution in [-0.4, -0.2) is 64.5 Å². The molecule has 0 aliphatic rings. The molecule has 208 valence electrons. The molecule has 10 nitrogen and oxygen atoms in total. The Morgan fingerprint density at radius 2 is 1.38 bits per heavy atom.